The maximum atomic E-state index is 12.3. The van der Waals surface area contributed by atoms with Gasteiger partial charge in [-0.25, -0.2) is 4.79 Å². The number of nitrogens with one attached hydrogen (secondary N) is 1. The van der Waals surface area contributed by atoms with Crippen molar-refractivity contribution in [1.82, 2.24) is 5.32 Å². The fourth-order valence-corrected chi connectivity index (χ4v) is 4.20. The van der Waals surface area contributed by atoms with Crippen molar-refractivity contribution in [3.05, 3.63) is 34.9 Å². The van der Waals surface area contributed by atoms with Crippen LogP contribution in [0, 0.1) is 5.41 Å². The quantitative estimate of drug-likeness (QED) is 0.850. The molecular formula is C18H25NO2. The van der Waals surface area contributed by atoms with E-state index in [0.717, 1.165) is 24.9 Å². The number of carbonyl (C=O) groups excluding carboxylic acids is 1. The molecule has 3 nitrogen and oxygen atoms in total. The Kier molecular flexibility index (Phi) is 3.36. The summed E-state index contributed by atoms with van der Waals surface area (Å²) in [7, 11) is 0. The predicted molar refractivity (Wildman–Crippen MR) is 83.6 cm³/mol. The lowest BCUT2D eigenvalue weighted by Gasteiger charge is -2.57. The molecule has 1 aromatic carbocycles. The standard InChI is InChI=1S/C18H25NO2/c1-5-21-16(20)12-7-6-8-14-13(12)11-15-17(2,3)18(14,4)9-10-19-15/h6-8,15,19H,5,9-11H2,1-4H3/t15-,18?/m1/s1. The average molecular weight is 287 g/mol. The molecule has 1 aromatic rings. The van der Waals surface area contributed by atoms with E-state index in [0.29, 0.717) is 12.6 Å². The molecule has 1 aliphatic carbocycles. The summed E-state index contributed by atoms with van der Waals surface area (Å²) in [6.45, 7) is 10.4. The minimum absolute atomic E-state index is 0.110. The van der Waals surface area contributed by atoms with E-state index in [1.165, 1.54) is 11.1 Å². The molecule has 114 valence electrons. The van der Waals surface area contributed by atoms with Crippen LogP contribution in [-0.2, 0) is 16.6 Å². The number of carbonyl (C=O) groups is 1. The van der Waals surface area contributed by atoms with Crippen molar-refractivity contribution in [3.63, 3.8) is 0 Å². The molecule has 1 heterocycles. The lowest BCUT2D eigenvalue weighted by molar-refractivity contribution is 0.0485. The zero-order valence-electron chi connectivity index (χ0n) is 13.5. The number of ether oxygens (including phenoxy) is 1. The molecule has 1 N–H and O–H groups in total. The van der Waals surface area contributed by atoms with Gasteiger partial charge >= 0.3 is 5.97 Å². The highest BCUT2D eigenvalue weighted by Gasteiger charge is 2.53. The van der Waals surface area contributed by atoms with E-state index < -0.39 is 0 Å². The summed E-state index contributed by atoms with van der Waals surface area (Å²) in [5.41, 5.74) is 3.58. The molecule has 1 unspecified atom stereocenters. The lowest BCUT2D eigenvalue weighted by atomic mass is 9.51. The van der Waals surface area contributed by atoms with Crippen LogP contribution in [0.5, 0.6) is 0 Å². The predicted octanol–water partition coefficient (Wildman–Crippen LogP) is 3.07. The summed E-state index contributed by atoms with van der Waals surface area (Å²) < 4.78 is 5.24. The van der Waals surface area contributed by atoms with Gasteiger partial charge in [-0.15, -0.1) is 0 Å². The highest BCUT2D eigenvalue weighted by atomic mass is 16.5. The van der Waals surface area contributed by atoms with Gasteiger partial charge < -0.3 is 10.1 Å². The van der Waals surface area contributed by atoms with Crippen molar-refractivity contribution < 1.29 is 9.53 Å². The molecule has 2 aliphatic rings. The third kappa shape index (κ3) is 1.94. The normalized spacial score (nSPS) is 29.6. The Bertz CT molecular complexity index is 579. The molecule has 1 aliphatic heterocycles. The van der Waals surface area contributed by atoms with Crippen LogP contribution < -0.4 is 5.32 Å². The number of fused-ring (bicyclic) bond motifs is 4. The van der Waals surface area contributed by atoms with E-state index in [9.17, 15) is 4.79 Å². The van der Waals surface area contributed by atoms with Crippen molar-refractivity contribution in [1.29, 1.82) is 0 Å². The fourth-order valence-electron chi connectivity index (χ4n) is 4.20. The van der Waals surface area contributed by atoms with Gasteiger partial charge in [-0.1, -0.05) is 32.9 Å². The van der Waals surface area contributed by atoms with E-state index >= 15 is 0 Å². The van der Waals surface area contributed by atoms with Crippen molar-refractivity contribution in [2.75, 3.05) is 13.2 Å². The van der Waals surface area contributed by atoms with Gasteiger partial charge in [0.15, 0.2) is 0 Å². The van der Waals surface area contributed by atoms with Crippen LogP contribution in [0.25, 0.3) is 0 Å². The summed E-state index contributed by atoms with van der Waals surface area (Å²) >= 11 is 0. The van der Waals surface area contributed by atoms with Crippen molar-refractivity contribution >= 4 is 5.97 Å². The Labute approximate surface area is 127 Å². The summed E-state index contributed by atoms with van der Waals surface area (Å²) in [4.78, 5) is 12.3. The van der Waals surface area contributed by atoms with Crippen molar-refractivity contribution in [2.24, 2.45) is 5.41 Å². The van der Waals surface area contributed by atoms with Gasteiger partial charge in [0.2, 0.25) is 0 Å². The van der Waals surface area contributed by atoms with E-state index in [2.05, 4.69) is 32.2 Å². The van der Waals surface area contributed by atoms with E-state index in [-0.39, 0.29) is 16.8 Å². The zero-order valence-corrected chi connectivity index (χ0v) is 13.5. The van der Waals surface area contributed by atoms with Crippen molar-refractivity contribution in [2.45, 2.75) is 52.0 Å². The molecule has 3 rings (SSSR count). The molecule has 0 radical (unpaired) electrons. The van der Waals surface area contributed by atoms with Crippen LogP contribution in [0.2, 0.25) is 0 Å². The van der Waals surface area contributed by atoms with Gasteiger partial charge in [0, 0.05) is 11.5 Å². The Balaban J connectivity index is 2.15. The average Bonchev–Trinajstić information content (AvgIpc) is 2.42. The molecule has 0 spiro atoms. The number of esters is 1. The van der Waals surface area contributed by atoms with Gasteiger partial charge in [-0.2, -0.15) is 0 Å². The Morgan fingerprint density at radius 3 is 2.86 bits per heavy atom. The monoisotopic (exact) mass is 287 g/mol. The van der Waals surface area contributed by atoms with Gasteiger partial charge in [0.05, 0.1) is 12.2 Å². The summed E-state index contributed by atoms with van der Waals surface area (Å²) in [6.07, 6.45) is 2.02. The second-order valence-corrected chi connectivity index (χ2v) is 7.07. The molecular weight excluding hydrogens is 262 g/mol. The van der Waals surface area contributed by atoms with Gasteiger partial charge in [0.25, 0.3) is 0 Å². The first kappa shape index (κ1) is 14.6. The fraction of sp³-hybridized carbons (Fsp3) is 0.611. The maximum Gasteiger partial charge on any atom is 0.338 e. The highest BCUT2D eigenvalue weighted by Crippen LogP contribution is 2.54. The number of hydrogen-bond acceptors (Lipinski definition) is 3. The van der Waals surface area contributed by atoms with Crippen LogP contribution in [-0.4, -0.2) is 25.2 Å². The summed E-state index contributed by atoms with van der Waals surface area (Å²) in [5.74, 6) is -0.185. The molecule has 0 amide bonds. The first-order valence-electron chi connectivity index (χ1n) is 7.94. The number of rotatable bonds is 2. The molecule has 3 heteroatoms. The largest absolute Gasteiger partial charge is 0.462 e. The zero-order chi connectivity index (χ0) is 15.3. The highest BCUT2D eigenvalue weighted by molar-refractivity contribution is 5.91. The summed E-state index contributed by atoms with van der Waals surface area (Å²) in [5, 5.41) is 3.65. The Morgan fingerprint density at radius 1 is 1.38 bits per heavy atom. The Morgan fingerprint density at radius 2 is 2.14 bits per heavy atom. The van der Waals surface area contributed by atoms with Gasteiger partial charge in [-0.05, 0) is 48.9 Å². The van der Waals surface area contributed by atoms with Crippen LogP contribution in [0.1, 0.15) is 55.6 Å². The topological polar surface area (TPSA) is 38.3 Å². The molecule has 2 bridgehead atoms. The molecule has 1 saturated heterocycles. The first-order chi connectivity index (χ1) is 9.91. The second-order valence-electron chi connectivity index (χ2n) is 7.07. The van der Waals surface area contributed by atoms with E-state index in [1.54, 1.807) is 0 Å². The van der Waals surface area contributed by atoms with Crippen LogP contribution in [0.15, 0.2) is 18.2 Å². The SMILES string of the molecule is CCOC(=O)c1cccc2c1C[C@H]1NCCC2(C)C1(C)C. The molecule has 0 aromatic heterocycles. The third-order valence-electron chi connectivity index (χ3n) is 5.98. The Hall–Kier alpha value is -1.35. The van der Waals surface area contributed by atoms with Crippen LogP contribution in [0.4, 0.5) is 0 Å². The first-order valence-corrected chi connectivity index (χ1v) is 7.94. The number of hydrogen-bond donors (Lipinski definition) is 1. The van der Waals surface area contributed by atoms with E-state index in [1.807, 2.05) is 19.1 Å². The molecule has 21 heavy (non-hydrogen) atoms. The van der Waals surface area contributed by atoms with Gasteiger partial charge in [0.1, 0.15) is 0 Å². The smallest absolute Gasteiger partial charge is 0.338 e. The maximum absolute atomic E-state index is 12.3. The van der Waals surface area contributed by atoms with Crippen LogP contribution >= 0.6 is 0 Å². The minimum Gasteiger partial charge on any atom is -0.462 e. The molecule has 1 fully saturated rings. The van der Waals surface area contributed by atoms with E-state index in [4.69, 9.17) is 4.74 Å². The molecule has 0 saturated carbocycles. The number of benzene rings is 1. The lowest BCUT2D eigenvalue weighted by Crippen LogP contribution is -2.62. The number of piperidine rings is 1. The molecule has 2 atom stereocenters. The van der Waals surface area contributed by atoms with Crippen molar-refractivity contribution in [3.8, 4) is 0 Å². The minimum atomic E-state index is -0.185. The van der Waals surface area contributed by atoms with Crippen LogP contribution in [0.3, 0.4) is 0 Å². The summed E-state index contributed by atoms with van der Waals surface area (Å²) in [6, 6.07) is 6.55. The van der Waals surface area contributed by atoms with Gasteiger partial charge in [-0.3, -0.25) is 0 Å². The third-order valence-corrected chi connectivity index (χ3v) is 5.98. The second kappa shape index (κ2) is 4.84.